The summed E-state index contributed by atoms with van der Waals surface area (Å²) < 4.78 is 50.3. The van der Waals surface area contributed by atoms with E-state index in [2.05, 4.69) is 32.3 Å². The molecule has 2 heterocycles. The molecular formula is C28H39F3N6OS4. The zero-order valence-corrected chi connectivity index (χ0v) is 27.5. The molecule has 232 valence electrons. The molecule has 1 N–H and O–H groups in total. The molecule has 3 aliphatic rings. The average Bonchev–Trinajstić information content (AvgIpc) is 3.54. The maximum atomic E-state index is 15.9. The van der Waals surface area contributed by atoms with E-state index in [0.29, 0.717) is 12.8 Å². The number of hydrogen-bond donors (Lipinski definition) is 2. The van der Waals surface area contributed by atoms with E-state index in [4.69, 9.17) is 0 Å². The zero-order valence-electron chi connectivity index (χ0n) is 24.2. The second-order valence-electron chi connectivity index (χ2n) is 10.5. The van der Waals surface area contributed by atoms with Crippen molar-refractivity contribution in [1.82, 2.24) is 23.9 Å². The van der Waals surface area contributed by atoms with Crippen LogP contribution in [-0.4, -0.2) is 70.7 Å². The number of allylic oxidation sites excluding steroid dienone is 5. The summed E-state index contributed by atoms with van der Waals surface area (Å²) in [6, 6.07) is 2.42. The number of benzene rings is 1. The molecule has 42 heavy (non-hydrogen) atoms. The van der Waals surface area contributed by atoms with Crippen LogP contribution in [0.5, 0.6) is 0 Å². The topological polar surface area (TPSA) is 45.3 Å². The average molecular weight is 661 g/mol. The van der Waals surface area contributed by atoms with Crippen LogP contribution >= 0.6 is 47.1 Å². The Morgan fingerprint density at radius 1 is 1.14 bits per heavy atom. The third kappa shape index (κ3) is 7.92. The van der Waals surface area contributed by atoms with Crippen LogP contribution in [0.15, 0.2) is 47.5 Å². The van der Waals surface area contributed by atoms with Gasteiger partial charge in [-0.05, 0) is 62.3 Å². The molecule has 4 rings (SSSR count). The number of nitrogens with zero attached hydrogens (tertiary/aromatic N) is 5. The molecule has 1 aliphatic carbocycles. The van der Waals surface area contributed by atoms with Gasteiger partial charge in [0.15, 0.2) is 23.9 Å². The first-order valence-corrected chi connectivity index (χ1v) is 17.5. The molecule has 0 aromatic heterocycles. The Labute approximate surface area is 265 Å². The van der Waals surface area contributed by atoms with Crippen molar-refractivity contribution in [3.8, 4) is 0 Å². The van der Waals surface area contributed by atoms with Crippen LogP contribution in [0.2, 0.25) is 0 Å². The fourth-order valence-corrected chi connectivity index (χ4v) is 7.52. The van der Waals surface area contributed by atoms with Crippen LogP contribution in [0.25, 0.3) is 0 Å². The minimum atomic E-state index is -0.962. The molecule has 1 atom stereocenters. The highest BCUT2D eigenvalue weighted by Crippen LogP contribution is 2.39. The van der Waals surface area contributed by atoms with Crippen LogP contribution in [0, 0.1) is 17.6 Å². The molecule has 0 spiro atoms. The van der Waals surface area contributed by atoms with Crippen molar-refractivity contribution in [2.45, 2.75) is 46.0 Å². The molecule has 14 heteroatoms. The SMILES string of the molecule is CCC(C)/C(=C\N(SF)N(C)C1=CC=C(N2CCNCC2)CC1)C(=O)c1c(F)ccc(N(SS)SN2CCCC2)c1F. The number of halogens is 3. The van der Waals surface area contributed by atoms with Crippen LogP contribution < -0.4 is 9.03 Å². The van der Waals surface area contributed by atoms with Gasteiger partial charge in [-0.25, -0.2) is 21.2 Å². The van der Waals surface area contributed by atoms with Gasteiger partial charge in [0.25, 0.3) is 0 Å². The smallest absolute Gasteiger partial charge is 0.196 e. The van der Waals surface area contributed by atoms with E-state index >= 15 is 8.78 Å². The molecule has 1 aromatic carbocycles. The highest BCUT2D eigenvalue weighted by atomic mass is 33.1. The first-order chi connectivity index (χ1) is 20.3. The number of nitrogens with one attached hydrogen (secondary N) is 1. The fourth-order valence-electron chi connectivity index (χ4n) is 5.14. The third-order valence-electron chi connectivity index (χ3n) is 7.89. The predicted molar refractivity (Wildman–Crippen MR) is 174 cm³/mol. The monoisotopic (exact) mass is 660 g/mol. The van der Waals surface area contributed by atoms with E-state index in [1.54, 1.807) is 19.0 Å². The Kier molecular flexibility index (Phi) is 12.6. The van der Waals surface area contributed by atoms with Gasteiger partial charge in [-0.2, -0.15) is 0 Å². The molecule has 2 saturated heterocycles. The largest absolute Gasteiger partial charge is 0.372 e. The normalized spacial score (nSPS) is 18.9. The number of rotatable bonds is 13. The summed E-state index contributed by atoms with van der Waals surface area (Å²) in [5.74, 6) is -3.10. The highest BCUT2D eigenvalue weighted by molar-refractivity contribution is 8.71. The minimum absolute atomic E-state index is 0.0495. The maximum Gasteiger partial charge on any atom is 0.196 e. The molecule has 0 radical (unpaired) electrons. The van der Waals surface area contributed by atoms with Crippen LogP contribution in [0.4, 0.5) is 18.4 Å². The van der Waals surface area contributed by atoms with E-state index in [1.165, 1.54) is 38.2 Å². The number of thiol groups is 1. The fraction of sp³-hybridized carbons (Fsp3) is 0.536. The number of hydrogen-bond acceptors (Lipinski definition) is 11. The van der Waals surface area contributed by atoms with Crippen molar-refractivity contribution in [2.75, 3.05) is 50.0 Å². The van der Waals surface area contributed by atoms with Crippen LogP contribution in [0.1, 0.15) is 56.3 Å². The van der Waals surface area contributed by atoms with Gasteiger partial charge in [-0.15, -0.1) is 3.89 Å². The van der Waals surface area contributed by atoms with Gasteiger partial charge in [0.1, 0.15) is 5.82 Å². The van der Waals surface area contributed by atoms with Crippen molar-refractivity contribution in [1.29, 1.82) is 0 Å². The standard InChI is InChI=1S/C28H39F3N6OS4/c1-4-20(2)23(19-36(40-31)33(3)21-7-9-22(10-8-21)34-17-13-32-14-18-34)28(38)26-24(29)11-12-25(27(26)30)37(42-39)41-35-15-5-6-16-35/h7,9,11-12,19-20,32,39H,4-6,8,10,13-18H2,1-3H3/b23-19+. The molecule has 0 bridgehead atoms. The zero-order chi connectivity index (χ0) is 30.2. The first-order valence-electron chi connectivity index (χ1n) is 14.2. The Bertz CT molecular complexity index is 1190. The molecule has 1 aromatic rings. The number of carbonyl (C=O) groups is 1. The summed E-state index contributed by atoms with van der Waals surface area (Å²) in [5, 5.41) is 4.99. The maximum absolute atomic E-state index is 15.9. The van der Waals surface area contributed by atoms with E-state index in [-0.39, 0.29) is 29.5 Å². The summed E-state index contributed by atoms with van der Waals surface area (Å²) in [4.78, 5) is 16.2. The van der Waals surface area contributed by atoms with Gasteiger partial charge in [0.05, 0.1) is 23.4 Å². The Balaban J connectivity index is 1.61. The summed E-state index contributed by atoms with van der Waals surface area (Å²) in [5.41, 5.74) is 1.64. The lowest BCUT2D eigenvalue weighted by atomic mass is 9.91. The van der Waals surface area contributed by atoms with Crippen molar-refractivity contribution in [3.63, 3.8) is 0 Å². The van der Waals surface area contributed by atoms with Gasteiger partial charge in [-0.1, -0.05) is 25.5 Å². The van der Waals surface area contributed by atoms with Gasteiger partial charge in [-0.3, -0.25) is 9.80 Å². The van der Waals surface area contributed by atoms with Crippen molar-refractivity contribution < 1.29 is 17.5 Å². The van der Waals surface area contributed by atoms with E-state index in [0.717, 1.165) is 81.3 Å². The minimum Gasteiger partial charge on any atom is -0.372 e. The number of carbonyl (C=O) groups excluding carboxylic acids is 1. The van der Waals surface area contributed by atoms with Gasteiger partial charge >= 0.3 is 0 Å². The van der Waals surface area contributed by atoms with Crippen LogP contribution in [0.3, 0.4) is 0 Å². The number of ketones is 1. The molecule has 7 nitrogen and oxygen atoms in total. The Hall–Kier alpha value is -1.58. The van der Waals surface area contributed by atoms with Gasteiger partial charge < -0.3 is 10.2 Å². The number of anilines is 1. The lowest BCUT2D eigenvalue weighted by molar-refractivity contribution is 0.101. The van der Waals surface area contributed by atoms with Gasteiger partial charge in [0.2, 0.25) is 0 Å². The molecule has 0 saturated carbocycles. The quantitative estimate of drug-likeness (QED) is 0.0568. The predicted octanol–water partition coefficient (Wildman–Crippen LogP) is 7.18. The molecule has 1 unspecified atom stereocenters. The first kappa shape index (κ1) is 33.3. The lowest BCUT2D eigenvalue weighted by Gasteiger charge is -2.36. The number of Topliss-reactive ketones (excluding diaryl/α,β-unsaturated/α-hetero) is 1. The lowest BCUT2D eigenvalue weighted by Crippen LogP contribution is -2.43. The second kappa shape index (κ2) is 15.9. The molecule has 2 aliphatic heterocycles. The number of hydrazine groups is 1. The summed E-state index contributed by atoms with van der Waals surface area (Å²) in [6.07, 6.45) is 9.52. The summed E-state index contributed by atoms with van der Waals surface area (Å²) in [7, 11) is 2.71. The van der Waals surface area contributed by atoms with E-state index < -0.39 is 23.0 Å². The number of piperazine rings is 1. The highest BCUT2D eigenvalue weighted by Gasteiger charge is 2.30. The molecular weight excluding hydrogens is 622 g/mol. The van der Waals surface area contributed by atoms with Crippen LogP contribution in [-0.2, 0) is 0 Å². The molecule has 2 fully saturated rings. The van der Waals surface area contributed by atoms with Gasteiger partial charge in [0, 0.05) is 80.5 Å². The second-order valence-corrected chi connectivity index (χ2v) is 13.3. The summed E-state index contributed by atoms with van der Waals surface area (Å²) >= 11 is 5.51. The van der Waals surface area contributed by atoms with Crippen molar-refractivity contribution in [3.05, 3.63) is 64.6 Å². The van der Waals surface area contributed by atoms with Crippen molar-refractivity contribution >= 4 is 58.6 Å². The molecule has 0 amide bonds. The Morgan fingerprint density at radius 3 is 2.45 bits per heavy atom. The third-order valence-corrected chi connectivity index (χ3v) is 10.9. The van der Waals surface area contributed by atoms with E-state index in [1.807, 2.05) is 13.0 Å². The van der Waals surface area contributed by atoms with E-state index in [9.17, 15) is 8.68 Å². The van der Waals surface area contributed by atoms with Crippen molar-refractivity contribution in [2.24, 2.45) is 5.92 Å². The Morgan fingerprint density at radius 2 is 1.86 bits per heavy atom. The summed E-state index contributed by atoms with van der Waals surface area (Å²) in [6.45, 7) is 9.17.